The van der Waals surface area contributed by atoms with E-state index in [1.807, 2.05) is 6.07 Å². The predicted octanol–water partition coefficient (Wildman–Crippen LogP) is 7.22. The third-order valence-electron chi connectivity index (χ3n) is 7.47. The highest BCUT2D eigenvalue weighted by atomic mass is 35.5. The molecule has 0 bridgehead atoms. The van der Waals surface area contributed by atoms with E-state index in [0.29, 0.717) is 5.41 Å². The minimum atomic E-state index is 0.157. The van der Waals surface area contributed by atoms with Crippen LogP contribution in [0.25, 0.3) is 0 Å². The van der Waals surface area contributed by atoms with Gasteiger partial charge in [0.05, 0.1) is 20.3 Å². The molecule has 0 aromatic heterocycles. The molecule has 2 aromatic carbocycles. The smallest absolute Gasteiger partial charge is 0.161 e. The van der Waals surface area contributed by atoms with Crippen LogP contribution in [0, 0.1) is 5.41 Å². The molecule has 1 atom stereocenters. The Morgan fingerprint density at radius 3 is 2.50 bits per heavy atom. The summed E-state index contributed by atoms with van der Waals surface area (Å²) < 4.78 is 11.2. The van der Waals surface area contributed by atoms with E-state index in [2.05, 4.69) is 56.0 Å². The number of ether oxygens (including phenoxy) is 2. The number of allylic oxidation sites excluding steroid dienone is 1. The van der Waals surface area contributed by atoms with Gasteiger partial charge in [-0.05, 0) is 85.4 Å². The van der Waals surface area contributed by atoms with Crippen molar-refractivity contribution in [3.63, 3.8) is 0 Å². The lowest BCUT2D eigenvalue weighted by atomic mass is 9.71. The van der Waals surface area contributed by atoms with E-state index in [9.17, 15) is 0 Å². The van der Waals surface area contributed by atoms with E-state index in [0.717, 1.165) is 42.5 Å². The van der Waals surface area contributed by atoms with Gasteiger partial charge >= 0.3 is 0 Å². The molecule has 2 aromatic rings. The first-order valence-electron chi connectivity index (χ1n) is 11.8. The van der Waals surface area contributed by atoms with Gasteiger partial charge < -0.3 is 9.47 Å². The van der Waals surface area contributed by atoms with Crippen LogP contribution < -0.4 is 9.47 Å². The van der Waals surface area contributed by atoms with Gasteiger partial charge in [-0.3, -0.25) is 4.90 Å². The Hall–Kier alpha value is -1.97. The van der Waals surface area contributed by atoms with Gasteiger partial charge in [0.1, 0.15) is 0 Å². The maximum atomic E-state index is 6.43. The van der Waals surface area contributed by atoms with Gasteiger partial charge in [0.2, 0.25) is 0 Å². The first kappa shape index (κ1) is 23.2. The van der Waals surface area contributed by atoms with Gasteiger partial charge in [-0.2, -0.15) is 0 Å². The maximum Gasteiger partial charge on any atom is 0.161 e. The highest BCUT2D eigenvalue weighted by Crippen LogP contribution is 2.44. The Bertz CT molecular complexity index is 1010. The maximum absolute atomic E-state index is 6.43. The Morgan fingerprint density at radius 2 is 1.81 bits per heavy atom. The van der Waals surface area contributed by atoms with Crippen molar-refractivity contribution in [3.05, 3.63) is 69.3 Å². The Kier molecular flexibility index (Phi) is 6.88. The molecular formula is C28H36ClNO2. The lowest BCUT2D eigenvalue weighted by Crippen LogP contribution is -2.37. The molecule has 0 amide bonds. The summed E-state index contributed by atoms with van der Waals surface area (Å²) in [6.07, 6.45) is 5.98. The summed E-state index contributed by atoms with van der Waals surface area (Å²) in [4.78, 5) is 2.63. The van der Waals surface area contributed by atoms with Gasteiger partial charge in [-0.1, -0.05) is 48.7 Å². The topological polar surface area (TPSA) is 21.7 Å². The second kappa shape index (κ2) is 9.49. The normalized spacial score (nSPS) is 20.8. The summed E-state index contributed by atoms with van der Waals surface area (Å²) in [5, 5.41) is 0.780. The van der Waals surface area contributed by atoms with Gasteiger partial charge in [0.25, 0.3) is 0 Å². The van der Waals surface area contributed by atoms with Crippen LogP contribution in [0.3, 0.4) is 0 Å². The van der Waals surface area contributed by atoms with Gasteiger partial charge in [-0.25, -0.2) is 0 Å². The number of rotatable bonds is 6. The molecule has 1 aliphatic heterocycles. The molecule has 4 heteroatoms. The molecule has 1 heterocycles. The third-order valence-corrected chi connectivity index (χ3v) is 7.71. The molecule has 4 rings (SSSR count). The van der Waals surface area contributed by atoms with Crippen LogP contribution in [-0.2, 0) is 6.42 Å². The van der Waals surface area contributed by atoms with Crippen molar-refractivity contribution >= 4 is 11.6 Å². The SMILES string of the molecule is COc1cc2c(cc1OC)C(c1cccc(Cl)c1)N(CCC1=C(C)CCCC1(C)C)CC2. The van der Waals surface area contributed by atoms with Crippen molar-refractivity contribution in [1.82, 2.24) is 4.90 Å². The minimum Gasteiger partial charge on any atom is -0.493 e. The van der Waals surface area contributed by atoms with Crippen LogP contribution >= 0.6 is 11.6 Å². The third kappa shape index (κ3) is 4.56. The summed E-state index contributed by atoms with van der Waals surface area (Å²) >= 11 is 6.43. The number of benzene rings is 2. The molecule has 3 nitrogen and oxygen atoms in total. The Balaban J connectivity index is 1.71. The second-order valence-corrected chi connectivity index (χ2v) is 10.3. The molecule has 172 valence electrons. The molecule has 0 radical (unpaired) electrons. The number of fused-ring (bicyclic) bond motifs is 1. The van der Waals surface area contributed by atoms with E-state index in [1.54, 1.807) is 25.4 Å². The van der Waals surface area contributed by atoms with E-state index in [-0.39, 0.29) is 6.04 Å². The largest absolute Gasteiger partial charge is 0.493 e. The van der Waals surface area contributed by atoms with Gasteiger partial charge in [0, 0.05) is 18.1 Å². The molecular weight excluding hydrogens is 418 g/mol. The minimum absolute atomic E-state index is 0.157. The van der Waals surface area contributed by atoms with Crippen molar-refractivity contribution < 1.29 is 9.47 Å². The van der Waals surface area contributed by atoms with Crippen molar-refractivity contribution in [1.29, 1.82) is 0 Å². The number of hydrogen-bond acceptors (Lipinski definition) is 3. The average Bonchev–Trinajstić information content (AvgIpc) is 2.77. The molecule has 0 saturated heterocycles. The van der Waals surface area contributed by atoms with Crippen molar-refractivity contribution in [2.24, 2.45) is 5.41 Å². The standard InChI is InChI=1S/C28H36ClNO2/c1-19-8-7-13-28(2,3)24(19)12-15-30-14-11-20-17-25(31-4)26(32-5)18-23(20)27(30)21-9-6-10-22(29)16-21/h6,9-10,16-18,27H,7-8,11-15H2,1-5H3. The predicted molar refractivity (Wildman–Crippen MR) is 133 cm³/mol. The van der Waals surface area contributed by atoms with Crippen LogP contribution in [0.2, 0.25) is 5.02 Å². The summed E-state index contributed by atoms with van der Waals surface area (Å²) in [7, 11) is 3.41. The van der Waals surface area contributed by atoms with Crippen molar-refractivity contribution in [3.8, 4) is 11.5 Å². The van der Waals surface area contributed by atoms with Crippen molar-refractivity contribution in [2.45, 2.75) is 58.9 Å². The van der Waals surface area contributed by atoms with E-state index < -0.39 is 0 Å². The van der Waals surface area contributed by atoms with Gasteiger partial charge in [-0.15, -0.1) is 0 Å². The Morgan fingerprint density at radius 1 is 1.06 bits per heavy atom. The lowest BCUT2D eigenvalue weighted by Gasteiger charge is -2.40. The zero-order valence-corrected chi connectivity index (χ0v) is 20.9. The number of hydrogen-bond donors (Lipinski definition) is 0. The zero-order chi connectivity index (χ0) is 22.9. The molecule has 0 spiro atoms. The fourth-order valence-corrected chi connectivity index (χ4v) is 5.99. The summed E-state index contributed by atoms with van der Waals surface area (Å²) in [6, 6.07) is 12.8. The average molecular weight is 454 g/mol. The second-order valence-electron chi connectivity index (χ2n) is 9.90. The Labute approximate surface area is 198 Å². The first-order chi connectivity index (χ1) is 15.3. The van der Waals surface area contributed by atoms with E-state index in [4.69, 9.17) is 21.1 Å². The molecule has 1 unspecified atom stereocenters. The van der Waals surface area contributed by atoms with E-state index >= 15 is 0 Å². The molecule has 2 aliphatic rings. The van der Waals surface area contributed by atoms with Crippen LogP contribution in [0.1, 0.15) is 69.2 Å². The molecule has 0 saturated carbocycles. The van der Waals surface area contributed by atoms with Crippen molar-refractivity contribution in [2.75, 3.05) is 27.3 Å². The van der Waals surface area contributed by atoms with Gasteiger partial charge in [0.15, 0.2) is 11.5 Å². The molecule has 1 aliphatic carbocycles. The van der Waals surface area contributed by atoms with Crippen LogP contribution in [0.15, 0.2) is 47.5 Å². The van der Waals surface area contributed by atoms with Crippen LogP contribution in [0.5, 0.6) is 11.5 Å². The quantitative estimate of drug-likeness (QED) is 0.431. The van der Waals surface area contributed by atoms with Crippen LogP contribution in [-0.4, -0.2) is 32.2 Å². The highest BCUT2D eigenvalue weighted by Gasteiger charge is 2.33. The zero-order valence-electron chi connectivity index (χ0n) is 20.1. The lowest BCUT2D eigenvalue weighted by molar-refractivity contribution is 0.207. The molecule has 32 heavy (non-hydrogen) atoms. The summed E-state index contributed by atoms with van der Waals surface area (Å²) in [6.45, 7) is 9.24. The number of methoxy groups -OCH3 is 2. The highest BCUT2D eigenvalue weighted by molar-refractivity contribution is 6.30. The fourth-order valence-electron chi connectivity index (χ4n) is 5.79. The van der Waals surface area contributed by atoms with Crippen LogP contribution in [0.4, 0.5) is 0 Å². The number of halogens is 1. The molecule has 0 N–H and O–H groups in total. The summed E-state index contributed by atoms with van der Waals surface area (Å²) in [5.74, 6) is 1.58. The summed E-state index contributed by atoms with van der Waals surface area (Å²) in [5.41, 5.74) is 7.43. The fraction of sp³-hybridized carbons (Fsp3) is 0.500. The number of nitrogens with zero attached hydrogens (tertiary/aromatic N) is 1. The first-order valence-corrected chi connectivity index (χ1v) is 12.1. The monoisotopic (exact) mass is 453 g/mol. The molecule has 0 fully saturated rings. The van der Waals surface area contributed by atoms with E-state index in [1.165, 1.54) is 36.0 Å².